The summed E-state index contributed by atoms with van der Waals surface area (Å²) >= 11 is 0. The lowest BCUT2D eigenvalue weighted by Crippen LogP contribution is -2.25. The summed E-state index contributed by atoms with van der Waals surface area (Å²) in [6.45, 7) is 0.574. The summed E-state index contributed by atoms with van der Waals surface area (Å²) in [4.78, 5) is 11.0. The van der Waals surface area contributed by atoms with E-state index < -0.39 is 0 Å². The summed E-state index contributed by atoms with van der Waals surface area (Å²) in [6.07, 6.45) is 0. The molecule has 1 aliphatic rings. The molecule has 4 nitrogen and oxygen atoms in total. The van der Waals surface area contributed by atoms with E-state index >= 15 is 0 Å². The second-order valence-electron chi connectivity index (χ2n) is 2.93. The van der Waals surface area contributed by atoms with E-state index in [2.05, 4.69) is 5.32 Å². The van der Waals surface area contributed by atoms with Crippen molar-refractivity contribution < 1.29 is 9.53 Å². The minimum absolute atomic E-state index is 0.0659. The van der Waals surface area contributed by atoms with Gasteiger partial charge in [0.1, 0.15) is 5.75 Å². The van der Waals surface area contributed by atoms with E-state index in [0.29, 0.717) is 18.0 Å². The number of nitrogens with one attached hydrogen (secondary N) is 1. The number of ether oxygens (including phenoxy) is 1. The van der Waals surface area contributed by atoms with Gasteiger partial charge < -0.3 is 15.8 Å². The second kappa shape index (κ2) is 2.97. The van der Waals surface area contributed by atoms with Crippen molar-refractivity contribution >= 4 is 11.6 Å². The third kappa shape index (κ3) is 1.56. The molecule has 0 unspecified atom stereocenters. The van der Waals surface area contributed by atoms with E-state index in [-0.39, 0.29) is 12.5 Å². The Morgan fingerprint density at radius 3 is 3.15 bits per heavy atom. The quantitative estimate of drug-likeness (QED) is 0.561. The maximum atomic E-state index is 11.0. The minimum atomic E-state index is -0.102. The smallest absolute Gasteiger partial charge is 0.258 e. The van der Waals surface area contributed by atoms with Crippen molar-refractivity contribution in [2.45, 2.75) is 6.54 Å². The molecule has 1 amide bonds. The van der Waals surface area contributed by atoms with Crippen molar-refractivity contribution in [1.29, 1.82) is 0 Å². The van der Waals surface area contributed by atoms with Crippen LogP contribution in [0.25, 0.3) is 0 Å². The highest BCUT2D eigenvalue weighted by atomic mass is 16.5. The molecule has 1 aliphatic heterocycles. The monoisotopic (exact) mass is 178 g/mol. The number of nitrogens with two attached hydrogens (primary N) is 1. The van der Waals surface area contributed by atoms with Gasteiger partial charge in [-0.1, -0.05) is 6.07 Å². The molecule has 0 saturated heterocycles. The van der Waals surface area contributed by atoms with Crippen LogP contribution in [0.15, 0.2) is 18.2 Å². The Kier molecular flexibility index (Phi) is 1.81. The number of rotatable bonds is 0. The summed E-state index contributed by atoms with van der Waals surface area (Å²) in [5.41, 5.74) is 7.19. The van der Waals surface area contributed by atoms with Crippen LogP contribution in [0.4, 0.5) is 5.69 Å². The molecule has 3 N–H and O–H groups in total. The molecule has 0 spiro atoms. The molecule has 2 rings (SSSR count). The highest BCUT2D eigenvalue weighted by molar-refractivity contribution is 5.78. The van der Waals surface area contributed by atoms with Crippen molar-refractivity contribution in [2.75, 3.05) is 12.3 Å². The van der Waals surface area contributed by atoms with Gasteiger partial charge >= 0.3 is 0 Å². The molecule has 1 aromatic carbocycles. The Morgan fingerprint density at radius 2 is 2.31 bits per heavy atom. The minimum Gasteiger partial charge on any atom is -0.483 e. The van der Waals surface area contributed by atoms with Crippen LogP contribution in [0.5, 0.6) is 5.75 Å². The predicted molar refractivity (Wildman–Crippen MR) is 48.2 cm³/mol. The van der Waals surface area contributed by atoms with Crippen LogP contribution in [0, 0.1) is 0 Å². The predicted octanol–water partition coefficient (Wildman–Crippen LogP) is 0.277. The first kappa shape index (κ1) is 7.91. The maximum Gasteiger partial charge on any atom is 0.258 e. The fourth-order valence-corrected chi connectivity index (χ4v) is 1.24. The molecule has 0 saturated carbocycles. The molecule has 1 heterocycles. The fourth-order valence-electron chi connectivity index (χ4n) is 1.24. The molecule has 13 heavy (non-hydrogen) atoms. The first-order valence-electron chi connectivity index (χ1n) is 4.03. The van der Waals surface area contributed by atoms with Crippen LogP contribution in [0.3, 0.4) is 0 Å². The zero-order valence-corrected chi connectivity index (χ0v) is 7.04. The average Bonchev–Trinajstić information content (AvgIpc) is 2.29. The molecule has 0 radical (unpaired) electrons. The molecule has 0 atom stereocenters. The average molecular weight is 178 g/mol. The topological polar surface area (TPSA) is 64.3 Å². The van der Waals surface area contributed by atoms with Gasteiger partial charge in [-0.25, -0.2) is 0 Å². The number of carbonyl (C=O) groups excluding carboxylic acids is 1. The van der Waals surface area contributed by atoms with Gasteiger partial charge in [0.25, 0.3) is 5.91 Å². The Labute approximate surface area is 75.7 Å². The number of nitrogen functional groups attached to an aromatic ring is 1. The van der Waals surface area contributed by atoms with Gasteiger partial charge in [0.2, 0.25) is 0 Å². The van der Waals surface area contributed by atoms with Crippen LogP contribution in [-0.4, -0.2) is 12.5 Å². The zero-order chi connectivity index (χ0) is 9.26. The largest absolute Gasteiger partial charge is 0.483 e. The lowest BCUT2D eigenvalue weighted by atomic mass is 10.2. The van der Waals surface area contributed by atoms with Crippen molar-refractivity contribution in [3.63, 3.8) is 0 Å². The lowest BCUT2D eigenvalue weighted by molar-refractivity contribution is -0.122. The molecular formula is C9H10N2O2. The third-order valence-electron chi connectivity index (χ3n) is 1.93. The van der Waals surface area contributed by atoms with Crippen LogP contribution in [0.1, 0.15) is 5.56 Å². The van der Waals surface area contributed by atoms with Gasteiger partial charge in [-0.2, -0.15) is 0 Å². The van der Waals surface area contributed by atoms with E-state index in [4.69, 9.17) is 10.5 Å². The number of carbonyl (C=O) groups is 1. The van der Waals surface area contributed by atoms with E-state index in [1.807, 2.05) is 6.07 Å². The van der Waals surface area contributed by atoms with Crippen LogP contribution in [0.2, 0.25) is 0 Å². The zero-order valence-electron chi connectivity index (χ0n) is 7.04. The number of hydrogen-bond acceptors (Lipinski definition) is 3. The molecule has 4 heteroatoms. The second-order valence-corrected chi connectivity index (χ2v) is 2.93. The number of amides is 1. The summed E-state index contributed by atoms with van der Waals surface area (Å²) < 4.78 is 5.25. The van der Waals surface area contributed by atoms with E-state index in [1.54, 1.807) is 12.1 Å². The van der Waals surface area contributed by atoms with Gasteiger partial charge in [-0.3, -0.25) is 4.79 Å². The number of fused-ring (bicyclic) bond motifs is 1. The van der Waals surface area contributed by atoms with Crippen molar-refractivity contribution in [2.24, 2.45) is 0 Å². The molecule has 0 bridgehead atoms. The van der Waals surface area contributed by atoms with E-state index in [0.717, 1.165) is 5.56 Å². The van der Waals surface area contributed by atoms with Gasteiger partial charge in [-0.15, -0.1) is 0 Å². The highest BCUT2D eigenvalue weighted by Gasteiger charge is 2.12. The Morgan fingerprint density at radius 1 is 1.46 bits per heavy atom. The number of benzene rings is 1. The van der Waals surface area contributed by atoms with E-state index in [1.165, 1.54) is 0 Å². The summed E-state index contributed by atoms with van der Waals surface area (Å²) in [6, 6.07) is 5.38. The van der Waals surface area contributed by atoms with Crippen LogP contribution in [-0.2, 0) is 11.3 Å². The van der Waals surface area contributed by atoms with Crippen LogP contribution < -0.4 is 15.8 Å². The first-order valence-corrected chi connectivity index (χ1v) is 4.03. The van der Waals surface area contributed by atoms with Gasteiger partial charge in [-0.05, 0) is 6.07 Å². The summed E-state index contributed by atoms with van der Waals surface area (Å²) in [7, 11) is 0. The summed E-state index contributed by atoms with van der Waals surface area (Å²) in [5, 5.41) is 2.72. The first-order chi connectivity index (χ1) is 6.25. The molecule has 68 valence electrons. The van der Waals surface area contributed by atoms with Gasteiger partial charge in [0.15, 0.2) is 6.61 Å². The normalized spacial score (nSPS) is 15.2. The van der Waals surface area contributed by atoms with Gasteiger partial charge in [0.05, 0.1) is 0 Å². The van der Waals surface area contributed by atoms with Crippen molar-refractivity contribution in [3.05, 3.63) is 23.8 Å². The van der Waals surface area contributed by atoms with E-state index in [9.17, 15) is 4.79 Å². The standard InChI is InChI=1S/C9H10N2O2/c10-7-2-1-6-4-11-9(12)5-13-8(6)3-7/h1-3H,4-5,10H2,(H,11,12). The Balaban J connectivity index is 2.35. The molecule has 0 fully saturated rings. The maximum absolute atomic E-state index is 11.0. The number of hydrogen-bond donors (Lipinski definition) is 2. The Bertz CT molecular complexity index is 349. The molecule has 1 aromatic rings. The van der Waals surface area contributed by atoms with Crippen molar-refractivity contribution in [1.82, 2.24) is 5.32 Å². The van der Waals surface area contributed by atoms with Gasteiger partial charge in [0, 0.05) is 23.9 Å². The highest BCUT2D eigenvalue weighted by Crippen LogP contribution is 2.22. The van der Waals surface area contributed by atoms with Crippen molar-refractivity contribution in [3.8, 4) is 5.75 Å². The SMILES string of the molecule is Nc1ccc2c(c1)OCC(=O)NC2. The Hall–Kier alpha value is -1.71. The lowest BCUT2D eigenvalue weighted by Gasteiger charge is -2.05. The number of anilines is 1. The summed E-state index contributed by atoms with van der Waals surface area (Å²) in [5.74, 6) is 0.591. The third-order valence-corrected chi connectivity index (χ3v) is 1.93. The molecular weight excluding hydrogens is 168 g/mol. The van der Waals surface area contributed by atoms with Crippen LogP contribution >= 0.6 is 0 Å². The fraction of sp³-hybridized carbons (Fsp3) is 0.222. The molecule has 0 aliphatic carbocycles. The molecule has 0 aromatic heterocycles.